The molecule has 0 N–H and O–H groups in total. The van der Waals surface area contributed by atoms with Gasteiger partial charge in [0.15, 0.2) is 5.78 Å². The van der Waals surface area contributed by atoms with E-state index >= 15 is 0 Å². The van der Waals surface area contributed by atoms with Gasteiger partial charge in [0.1, 0.15) is 5.60 Å². The largest absolute Gasteiger partial charge is 0.458 e. The number of allylic oxidation sites excluding steroid dienone is 1. The van der Waals surface area contributed by atoms with E-state index in [2.05, 4.69) is 13.8 Å². The normalized spacial score (nSPS) is 53.0. The first-order valence-electron chi connectivity index (χ1n) is 10.4. The van der Waals surface area contributed by atoms with E-state index in [1.165, 1.54) is 12.0 Å². The second-order valence-electron chi connectivity index (χ2n) is 10.1. The molecule has 142 valence electrons. The summed E-state index contributed by atoms with van der Waals surface area (Å²) in [4.78, 5) is 24.0. The Kier molecular flexibility index (Phi) is 3.60. The van der Waals surface area contributed by atoms with Gasteiger partial charge in [-0.05, 0) is 74.2 Å². The highest BCUT2D eigenvalue weighted by atomic mass is 32.1. The van der Waals surface area contributed by atoms with Gasteiger partial charge in [0, 0.05) is 23.5 Å². The van der Waals surface area contributed by atoms with E-state index in [0.29, 0.717) is 41.6 Å². The van der Waals surface area contributed by atoms with Crippen LogP contribution in [-0.2, 0) is 14.3 Å². The quantitative estimate of drug-likeness (QED) is 0.501. The van der Waals surface area contributed by atoms with Crippen LogP contribution in [0.15, 0.2) is 11.6 Å². The Bertz CT molecular complexity index is 714. The number of hydrogen-bond acceptors (Lipinski definition) is 4. The molecule has 5 rings (SSSR count). The predicted molar refractivity (Wildman–Crippen MR) is 103 cm³/mol. The van der Waals surface area contributed by atoms with Gasteiger partial charge in [0.25, 0.3) is 0 Å². The van der Waals surface area contributed by atoms with Crippen LogP contribution in [0.25, 0.3) is 0 Å². The van der Waals surface area contributed by atoms with Crippen molar-refractivity contribution in [2.24, 2.45) is 28.6 Å². The lowest BCUT2D eigenvalue weighted by molar-refractivity contribution is -0.167. The summed E-state index contributed by atoms with van der Waals surface area (Å²) in [6.07, 6.45) is 10.6. The summed E-state index contributed by atoms with van der Waals surface area (Å²) in [6, 6.07) is 0. The number of ketones is 1. The third-order valence-corrected chi connectivity index (χ3v) is 9.84. The summed E-state index contributed by atoms with van der Waals surface area (Å²) >= 11 is 5.07. The number of ether oxygens (including phenoxy) is 1. The Morgan fingerprint density at radius 1 is 1.04 bits per heavy atom. The van der Waals surface area contributed by atoms with Crippen LogP contribution in [0.1, 0.15) is 71.6 Å². The molecule has 1 saturated heterocycles. The minimum absolute atomic E-state index is 0.00282. The van der Waals surface area contributed by atoms with Crippen LogP contribution in [0.5, 0.6) is 0 Å². The van der Waals surface area contributed by atoms with E-state index < -0.39 is 0 Å². The first kappa shape index (κ1) is 17.3. The van der Waals surface area contributed by atoms with E-state index in [0.717, 1.165) is 38.5 Å². The molecule has 3 nitrogen and oxygen atoms in total. The van der Waals surface area contributed by atoms with Gasteiger partial charge in [0.05, 0.1) is 0 Å². The molecule has 0 aromatic heterocycles. The van der Waals surface area contributed by atoms with Crippen molar-refractivity contribution in [1.29, 1.82) is 0 Å². The Hall–Kier alpha value is -0.770. The molecule has 0 aromatic carbocycles. The second kappa shape index (κ2) is 5.40. The van der Waals surface area contributed by atoms with Crippen LogP contribution < -0.4 is 0 Å². The molecule has 4 fully saturated rings. The SMILES string of the molecule is C[C@@]12CCC(=O)C=C1C[C@@H](S)[C@@H]1[C@@H]2CC[C@]2(C)[C@H]1CC[C@@]21CCC(=O)O1. The highest BCUT2D eigenvalue weighted by molar-refractivity contribution is 7.81. The number of thiol groups is 1. The standard InChI is InChI=1S/C22H30O3S/c1-20-7-3-14(23)11-13(20)12-17(26)19-15(20)4-8-21(2)16(19)5-9-22(21)10-6-18(24)25-22/h11,15-17,19,26H,3-10,12H2,1-2H3/t15-,16-,17+,19+,20+,21+,22+/m0/s1. The molecule has 3 saturated carbocycles. The van der Waals surface area contributed by atoms with Gasteiger partial charge in [-0.1, -0.05) is 19.4 Å². The smallest absolute Gasteiger partial charge is 0.306 e. The van der Waals surface area contributed by atoms with Crippen molar-refractivity contribution in [2.45, 2.75) is 82.5 Å². The molecule has 4 aliphatic carbocycles. The number of carbonyl (C=O) groups excluding carboxylic acids is 2. The molecule has 1 heterocycles. The number of hydrogen-bond donors (Lipinski definition) is 1. The molecular weight excluding hydrogens is 344 g/mol. The molecule has 26 heavy (non-hydrogen) atoms. The average Bonchev–Trinajstić information content (AvgIpc) is 3.11. The van der Waals surface area contributed by atoms with Crippen molar-refractivity contribution >= 4 is 24.4 Å². The van der Waals surface area contributed by atoms with Crippen LogP contribution in [0.4, 0.5) is 0 Å². The lowest BCUT2D eigenvalue weighted by atomic mass is 9.46. The molecule has 4 heteroatoms. The Labute approximate surface area is 161 Å². The minimum atomic E-state index is -0.216. The number of esters is 1. The molecule has 7 atom stereocenters. The summed E-state index contributed by atoms with van der Waals surface area (Å²) in [7, 11) is 0. The van der Waals surface area contributed by atoms with Crippen LogP contribution in [0.3, 0.4) is 0 Å². The third kappa shape index (κ3) is 2.03. The van der Waals surface area contributed by atoms with Gasteiger partial charge in [-0.3, -0.25) is 9.59 Å². The molecular formula is C22H30O3S. The highest BCUT2D eigenvalue weighted by Crippen LogP contribution is 2.70. The molecule has 0 radical (unpaired) electrons. The molecule has 0 amide bonds. The molecule has 5 aliphatic rings. The zero-order valence-corrected chi connectivity index (χ0v) is 16.8. The molecule has 0 aromatic rings. The van der Waals surface area contributed by atoms with Gasteiger partial charge in [0.2, 0.25) is 0 Å². The molecule has 0 unspecified atom stereocenters. The fraction of sp³-hybridized carbons (Fsp3) is 0.818. The van der Waals surface area contributed by atoms with E-state index in [9.17, 15) is 9.59 Å². The van der Waals surface area contributed by atoms with Crippen molar-refractivity contribution in [3.05, 3.63) is 11.6 Å². The zero-order chi connectivity index (χ0) is 18.3. The Morgan fingerprint density at radius 3 is 2.54 bits per heavy atom. The van der Waals surface area contributed by atoms with Crippen LogP contribution in [0, 0.1) is 28.6 Å². The van der Waals surface area contributed by atoms with Gasteiger partial charge in [-0.25, -0.2) is 0 Å². The second-order valence-corrected chi connectivity index (χ2v) is 10.7. The van der Waals surface area contributed by atoms with Crippen molar-refractivity contribution in [2.75, 3.05) is 0 Å². The van der Waals surface area contributed by atoms with E-state index in [4.69, 9.17) is 17.4 Å². The molecule has 1 aliphatic heterocycles. The van der Waals surface area contributed by atoms with E-state index in [-0.39, 0.29) is 22.4 Å². The maximum absolute atomic E-state index is 12.0. The van der Waals surface area contributed by atoms with Crippen molar-refractivity contribution in [1.82, 2.24) is 0 Å². The maximum Gasteiger partial charge on any atom is 0.306 e. The zero-order valence-electron chi connectivity index (χ0n) is 15.9. The summed E-state index contributed by atoms with van der Waals surface area (Å²) < 4.78 is 6.02. The van der Waals surface area contributed by atoms with Crippen molar-refractivity contribution in [3.63, 3.8) is 0 Å². The van der Waals surface area contributed by atoms with Crippen LogP contribution in [-0.4, -0.2) is 22.6 Å². The fourth-order valence-electron chi connectivity index (χ4n) is 7.82. The maximum atomic E-state index is 12.0. The first-order chi connectivity index (χ1) is 12.3. The monoisotopic (exact) mass is 374 g/mol. The van der Waals surface area contributed by atoms with Gasteiger partial charge in [-0.2, -0.15) is 12.6 Å². The topological polar surface area (TPSA) is 43.4 Å². The van der Waals surface area contributed by atoms with Gasteiger partial charge >= 0.3 is 5.97 Å². The number of fused-ring (bicyclic) bond motifs is 6. The van der Waals surface area contributed by atoms with E-state index in [1.54, 1.807) is 0 Å². The minimum Gasteiger partial charge on any atom is -0.458 e. The van der Waals surface area contributed by atoms with Gasteiger partial charge in [-0.15, -0.1) is 0 Å². The Balaban J connectivity index is 1.53. The fourth-order valence-corrected chi connectivity index (χ4v) is 8.44. The third-order valence-electron chi connectivity index (χ3n) is 9.32. The number of rotatable bonds is 0. The number of carbonyl (C=O) groups is 2. The summed E-state index contributed by atoms with van der Waals surface area (Å²) in [5.41, 5.74) is 1.41. The van der Waals surface area contributed by atoms with Crippen molar-refractivity contribution < 1.29 is 14.3 Å². The van der Waals surface area contributed by atoms with Crippen molar-refractivity contribution in [3.8, 4) is 0 Å². The summed E-state index contributed by atoms with van der Waals surface area (Å²) in [6.45, 7) is 4.81. The lowest BCUT2D eigenvalue weighted by Gasteiger charge is -2.60. The lowest BCUT2D eigenvalue weighted by Crippen LogP contribution is -2.57. The first-order valence-corrected chi connectivity index (χ1v) is 10.9. The van der Waals surface area contributed by atoms with Gasteiger partial charge < -0.3 is 4.74 Å². The Morgan fingerprint density at radius 2 is 1.81 bits per heavy atom. The summed E-state index contributed by atoms with van der Waals surface area (Å²) in [5, 5.41) is 0.321. The average molecular weight is 375 g/mol. The molecule has 1 spiro atoms. The van der Waals surface area contributed by atoms with E-state index in [1.807, 2.05) is 6.08 Å². The predicted octanol–water partition coefficient (Wildman–Crippen LogP) is 4.50. The van der Waals surface area contributed by atoms with Crippen LogP contribution in [0.2, 0.25) is 0 Å². The molecule has 0 bridgehead atoms. The summed E-state index contributed by atoms with van der Waals surface area (Å²) in [5.74, 6) is 2.08. The van der Waals surface area contributed by atoms with Crippen LogP contribution >= 0.6 is 12.6 Å². The highest BCUT2D eigenvalue weighted by Gasteiger charge is 2.68.